The third-order valence-electron chi connectivity index (χ3n) is 5.82. The van der Waals surface area contributed by atoms with Crippen molar-refractivity contribution in [2.45, 2.75) is 70.2 Å². The van der Waals surface area contributed by atoms with E-state index in [1.807, 2.05) is 25.7 Å². The molecular formula is C23H24BrFN4O3S. The minimum absolute atomic E-state index is 0.0228. The molecule has 1 aromatic heterocycles. The molecule has 4 rings (SSSR count). The van der Waals surface area contributed by atoms with Crippen molar-refractivity contribution in [1.82, 2.24) is 15.2 Å². The van der Waals surface area contributed by atoms with Crippen molar-refractivity contribution < 1.29 is 18.7 Å². The fourth-order valence-electron chi connectivity index (χ4n) is 4.54. The summed E-state index contributed by atoms with van der Waals surface area (Å²) >= 11 is 4.66. The van der Waals surface area contributed by atoms with E-state index in [1.54, 1.807) is 12.1 Å². The summed E-state index contributed by atoms with van der Waals surface area (Å²) < 4.78 is 20.1. The van der Waals surface area contributed by atoms with E-state index in [4.69, 9.17) is 10.00 Å². The van der Waals surface area contributed by atoms with E-state index in [9.17, 15) is 14.0 Å². The molecule has 2 aliphatic rings. The molecule has 2 fully saturated rings. The van der Waals surface area contributed by atoms with Gasteiger partial charge in [0.25, 0.3) is 5.91 Å². The second-order valence-corrected chi connectivity index (χ2v) is 11.7. The number of carbonyl (C=O) groups is 2. The summed E-state index contributed by atoms with van der Waals surface area (Å²) in [5.41, 5.74) is 0.367. The number of fused-ring (bicyclic) bond motifs is 2. The topological polar surface area (TPSA) is 95.3 Å². The zero-order valence-electron chi connectivity index (χ0n) is 18.5. The first-order valence-corrected chi connectivity index (χ1v) is 12.3. The number of nitriles is 1. The Morgan fingerprint density at radius 3 is 2.55 bits per heavy atom. The molecule has 2 bridgehead atoms. The molecule has 2 atom stereocenters. The number of thiazole rings is 1. The Balaban J connectivity index is 1.48. The predicted octanol–water partition coefficient (Wildman–Crippen LogP) is 5.24. The SMILES string of the molecule is CC(C)(C)OC(=O)NC1CC2CCC(C1)N2C(=O)c1nc(-c2ccc(C#N)c(F)c2)c(Br)s1. The highest BCUT2D eigenvalue weighted by atomic mass is 79.9. The van der Waals surface area contributed by atoms with Crippen molar-refractivity contribution >= 4 is 39.3 Å². The molecule has 0 radical (unpaired) electrons. The van der Waals surface area contributed by atoms with E-state index >= 15 is 0 Å². The van der Waals surface area contributed by atoms with Crippen LogP contribution in [-0.4, -0.2) is 45.6 Å². The van der Waals surface area contributed by atoms with E-state index in [0.29, 0.717) is 32.9 Å². The Labute approximate surface area is 204 Å². The van der Waals surface area contributed by atoms with Crippen LogP contribution in [0.25, 0.3) is 11.3 Å². The number of rotatable bonds is 3. The van der Waals surface area contributed by atoms with Crippen molar-refractivity contribution in [1.29, 1.82) is 5.26 Å². The van der Waals surface area contributed by atoms with Gasteiger partial charge in [0, 0.05) is 23.7 Å². The minimum atomic E-state index is -0.625. The quantitative estimate of drug-likeness (QED) is 0.580. The molecule has 3 heterocycles. The first-order valence-electron chi connectivity index (χ1n) is 10.7. The van der Waals surface area contributed by atoms with Gasteiger partial charge in [-0.05, 0) is 74.5 Å². The zero-order valence-corrected chi connectivity index (χ0v) is 20.9. The fourth-order valence-corrected chi connectivity index (χ4v) is 6.07. The maximum absolute atomic E-state index is 14.1. The summed E-state index contributed by atoms with van der Waals surface area (Å²) in [7, 11) is 0. The molecule has 0 spiro atoms. The molecule has 0 saturated carbocycles. The van der Waals surface area contributed by atoms with Crippen LogP contribution in [0.1, 0.15) is 61.8 Å². The zero-order chi connectivity index (χ0) is 23.9. The van der Waals surface area contributed by atoms with Crippen molar-refractivity contribution in [3.8, 4) is 17.3 Å². The van der Waals surface area contributed by atoms with E-state index in [2.05, 4.69) is 26.2 Å². The first-order chi connectivity index (χ1) is 15.6. The number of nitrogens with one attached hydrogen (secondary N) is 1. The van der Waals surface area contributed by atoms with Gasteiger partial charge in [-0.15, -0.1) is 11.3 Å². The van der Waals surface area contributed by atoms with Crippen LogP contribution in [0.15, 0.2) is 22.0 Å². The van der Waals surface area contributed by atoms with Gasteiger partial charge in [0.15, 0.2) is 5.01 Å². The average Bonchev–Trinajstić information content (AvgIpc) is 3.23. The Kier molecular flexibility index (Phi) is 6.47. The number of halogens is 2. The van der Waals surface area contributed by atoms with Gasteiger partial charge < -0.3 is 15.0 Å². The Hall–Kier alpha value is -2.51. The molecule has 33 heavy (non-hydrogen) atoms. The first kappa shape index (κ1) is 23.6. The smallest absolute Gasteiger partial charge is 0.407 e. The lowest BCUT2D eigenvalue weighted by molar-refractivity contribution is 0.0418. The Morgan fingerprint density at radius 2 is 1.97 bits per heavy atom. The van der Waals surface area contributed by atoms with Crippen molar-refractivity contribution in [3.05, 3.63) is 38.4 Å². The minimum Gasteiger partial charge on any atom is -0.444 e. The van der Waals surface area contributed by atoms with Crippen LogP contribution in [0.4, 0.5) is 9.18 Å². The van der Waals surface area contributed by atoms with Crippen molar-refractivity contribution in [2.75, 3.05) is 0 Å². The highest BCUT2D eigenvalue weighted by Crippen LogP contribution is 2.39. The molecule has 2 unspecified atom stereocenters. The number of amides is 2. The largest absolute Gasteiger partial charge is 0.444 e. The van der Waals surface area contributed by atoms with E-state index < -0.39 is 17.5 Å². The number of piperidine rings is 1. The molecule has 1 aromatic carbocycles. The normalized spacial score (nSPS) is 22.1. The van der Waals surface area contributed by atoms with Gasteiger partial charge >= 0.3 is 6.09 Å². The van der Waals surface area contributed by atoms with E-state index in [1.165, 1.54) is 23.5 Å². The van der Waals surface area contributed by atoms with Gasteiger partial charge in [-0.1, -0.05) is 6.07 Å². The van der Waals surface area contributed by atoms with E-state index in [0.717, 1.165) is 12.8 Å². The predicted molar refractivity (Wildman–Crippen MR) is 125 cm³/mol. The molecule has 0 aliphatic carbocycles. The van der Waals surface area contributed by atoms with Crippen LogP contribution < -0.4 is 5.32 Å². The molecule has 1 N–H and O–H groups in total. The standard InChI is InChI=1S/C23H24BrFN4O3S/c1-23(2,3)32-22(31)27-14-9-15-6-7-16(10-14)29(15)21(30)20-28-18(19(24)33-20)12-4-5-13(11-26)17(25)8-12/h4-5,8,14-16H,6-7,9-10H2,1-3H3,(H,27,31). The third-order valence-corrected chi connectivity index (χ3v) is 7.51. The van der Waals surface area contributed by atoms with Gasteiger partial charge in [0.05, 0.1) is 15.0 Å². The number of hydrogen-bond acceptors (Lipinski definition) is 6. The van der Waals surface area contributed by atoms with Gasteiger partial charge in [-0.2, -0.15) is 5.26 Å². The van der Waals surface area contributed by atoms with Crippen LogP contribution in [0, 0.1) is 17.1 Å². The van der Waals surface area contributed by atoms with Gasteiger partial charge in [-0.3, -0.25) is 4.79 Å². The average molecular weight is 535 g/mol. The lowest BCUT2D eigenvalue weighted by Gasteiger charge is -2.38. The van der Waals surface area contributed by atoms with Crippen LogP contribution in [0.5, 0.6) is 0 Å². The van der Waals surface area contributed by atoms with Crippen LogP contribution in [0.2, 0.25) is 0 Å². The lowest BCUT2D eigenvalue weighted by atomic mass is 9.97. The Bertz CT molecular complexity index is 1130. The van der Waals surface area contributed by atoms with Gasteiger partial charge in [0.2, 0.25) is 0 Å². The Morgan fingerprint density at radius 1 is 1.30 bits per heavy atom. The molecule has 10 heteroatoms. The second kappa shape index (κ2) is 9.03. The molecule has 174 valence electrons. The van der Waals surface area contributed by atoms with E-state index in [-0.39, 0.29) is 29.6 Å². The molecule has 2 saturated heterocycles. The summed E-state index contributed by atoms with van der Waals surface area (Å²) in [6.07, 6.45) is 2.66. The molecule has 2 amide bonds. The highest BCUT2D eigenvalue weighted by molar-refractivity contribution is 9.11. The molecule has 2 aliphatic heterocycles. The number of alkyl carbamates (subject to hydrolysis) is 1. The highest BCUT2D eigenvalue weighted by Gasteiger charge is 2.45. The van der Waals surface area contributed by atoms with Crippen molar-refractivity contribution in [2.24, 2.45) is 0 Å². The van der Waals surface area contributed by atoms with Gasteiger partial charge in [0.1, 0.15) is 17.5 Å². The number of hydrogen-bond donors (Lipinski definition) is 1. The second-order valence-electron chi connectivity index (χ2n) is 9.36. The monoisotopic (exact) mass is 534 g/mol. The number of carbonyl (C=O) groups excluding carboxylic acids is 2. The van der Waals surface area contributed by atoms with Crippen LogP contribution in [0.3, 0.4) is 0 Å². The summed E-state index contributed by atoms with van der Waals surface area (Å²) in [6.45, 7) is 5.47. The van der Waals surface area contributed by atoms with Crippen LogP contribution >= 0.6 is 27.3 Å². The maximum Gasteiger partial charge on any atom is 0.407 e. The summed E-state index contributed by atoms with van der Waals surface area (Å²) in [4.78, 5) is 31.9. The lowest BCUT2D eigenvalue weighted by Crippen LogP contribution is -2.53. The van der Waals surface area contributed by atoms with Crippen LogP contribution in [-0.2, 0) is 4.74 Å². The van der Waals surface area contributed by atoms with Crippen molar-refractivity contribution in [3.63, 3.8) is 0 Å². The molecular weight excluding hydrogens is 511 g/mol. The summed E-state index contributed by atoms with van der Waals surface area (Å²) in [5, 5.41) is 12.2. The number of ether oxygens (including phenoxy) is 1. The number of aromatic nitrogens is 1. The van der Waals surface area contributed by atoms with Gasteiger partial charge in [-0.25, -0.2) is 14.2 Å². The summed E-state index contributed by atoms with van der Waals surface area (Å²) in [6, 6.07) is 6.08. The molecule has 7 nitrogen and oxygen atoms in total. The number of benzene rings is 1. The summed E-state index contributed by atoms with van der Waals surface area (Å²) in [5.74, 6) is -0.773. The number of nitrogens with zero attached hydrogens (tertiary/aromatic N) is 3. The fraction of sp³-hybridized carbons (Fsp3) is 0.478. The molecule has 2 aromatic rings. The third kappa shape index (κ3) is 5.04. The maximum atomic E-state index is 14.1.